The smallest absolute Gasteiger partial charge is 0.407 e. The summed E-state index contributed by atoms with van der Waals surface area (Å²) < 4.78 is 5.18. The van der Waals surface area contributed by atoms with E-state index < -0.39 is 5.60 Å². The van der Waals surface area contributed by atoms with Gasteiger partial charge >= 0.3 is 6.09 Å². The summed E-state index contributed by atoms with van der Waals surface area (Å²) >= 11 is 0. The molecular weight excluding hydrogens is 292 g/mol. The molecule has 6 heteroatoms. The van der Waals surface area contributed by atoms with Gasteiger partial charge in [-0.1, -0.05) is 12.1 Å². The standard InChI is InChI=1S/C17H26N4O2/c1-12(15-20-13-8-5-6-9-14(13)21-15)18-10-7-11-19-16(22)23-17(2,3)4/h5-6,8-9,12,18H,7,10-11H2,1-4H3,(H,19,22)(H,20,21). The van der Waals surface area contributed by atoms with Crippen LogP contribution in [0.3, 0.4) is 0 Å². The van der Waals surface area contributed by atoms with Crippen molar-refractivity contribution in [1.82, 2.24) is 20.6 Å². The van der Waals surface area contributed by atoms with Gasteiger partial charge in [-0.05, 0) is 52.8 Å². The SMILES string of the molecule is CC(NCCCNC(=O)OC(C)(C)C)c1nc2ccccc2[nH]1. The van der Waals surface area contributed by atoms with E-state index in [1.54, 1.807) is 0 Å². The van der Waals surface area contributed by atoms with Crippen LogP contribution in [0.1, 0.15) is 46.0 Å². The number of amides is 1. The van der Waals surface area contributed by atoms with Gasteiger partial charge in [0.15, 0.2) is 0 Å². The molecular formula is C17H26N4O2. The van der Waals surface area contributed by atoms with Crippen molar-refractivity contribution in [3.63, 3.8) is 0 Å². The molecule has 1 heterocycles. The quantitative estimate of drug-likeness (QED) is 0.715. The molecule has 0 aliphatic rings. The lowest BCUT2D eigenvalue weighted by Gasteiger charge is -2.19. The third-order valence-electron chi connectivity index (χ3n) is 3.29. The molecule has 2 aromatic rings. The van der Waals surface area contributed by atoms with E-state index in [0.29, 0.717) is 6.54 Å². The van der Waals surface area contributed by atoms with Crippen molar-refractivity contribution in [3.05, 3.63) is 30.1 Å². The van der Waals surface area contributed by atoms with Crippen LogP contribution >= 0.6 is 0 Å². The van der Waals surface area contributed by atoms with Crippen LogP contribution in [-0.4, -0.2) is 34.8 Å². The number of rotatable bonds is 6. The Morgan fingerprint density at radius 1 is 1.30 bits per heavy atom. The first-order valence-electron chi connectivity index (χ1n) is 8.00. The van der Waals surface area contributed by atoms with Gasteiger partial charge in [0.2, 0.25) is 0 Å². The second-order valence-electron chi connectivity index (χ2n) is 6.60. The van der Waals surface area contributed by atoms with E-state index in [1.165, 1.54) is 0 Å². The van der Waals surface area contributed by atoms with Gasteiger partial charge in [-0.25, -0.2) is 9.78 Å². The first-order chi connectivity index (χ1) is 10.8. The molecule has 0 spiro atoms. The Kier molecular flexibility index (Phi) is 5.60. The van der Waals surface area contributed by atoms with Crippen LogP contribution < -0.4 is 10.6 Å². The predicted octanol–water partition coefficient (Wildman–Crippen LogP) is 3.13. The second-order valence-corrected chi connectivity index (χ2v) is 6.60. The van der Waals surface area contributed by atoms with Crippen LogP contribution in [-0.2, 0) is 4.74 Å². The molecule has 1 unspecified atom stereocenters. The number of nitrogens with zero attached hydrogens (tertiary/aromatic N) is 1. The van der Waals surface area contributed by atoms with Gasteiger partial charge in [-0.3, -0.25) is 0 Å². The van der Waals surface area contributed by atoms with Crippen molar-refractivity contribution in [2.45, 2.75) is 45.8 Å². The minimum Gasteiger partial charge on any atom is -0.444 e. The number of alkyl carbamates (subject to hydrolysis) is 1. The van der Waals surface area contributed by atoms with E-state index in [9.17, 15) is 4.79 Å². The minimum absolute atomic E-state index is 0.129. The van der Waals surface area contributed by atoms with Crippen molar-refractivity contribution in [1.29, 1.82) is 0 Å². The first-order valence-corrected chi connectivity index (χ1v) is 8.00. The number of carbonyl (C=O) groups is 1. The average Bonchev–Trinajstić information content (AvgIpc) is 2.88. The maximum Gasteiger partial charge on any atom is 0.407 e. The number of benzene rings is 1. The number of para-hydroxylation sites is 2. The molecule has 0 aliphatic heterocycles. The van der Waals surface area contributed by atoms with E-state index in [2.05, 4.69) is 27.5 Å². The molecule has 23 heavy (non-hydrogen) atoms. The van der Waals surface area contributed by atoms with Crippen LogP contribution in [0, 0.1) is 0 Å². The summed E-state index contributed by atoms with van der Waals surface area (Å²) in [6, 6.07) is 8.11. The van der Waals surface area contributed by atoms with Crippen molar-refractivity contribution >= 4 is 17.1 Å². The molecule has 0 aliphatic carbocycles. The lowest BCUT2D eigenvalue weighted by atomic mass is 10.2. The van der Waals surface area contributed by atoms with Gasteiger partial charge in [0.05, 0.1) is 17.1 Å². The van der Waals surface area contributed by atoms with Crippen molar-refractivity contribution in [2.75, 3.05) is 13.1 Å². The summed E-state index contributed by atoms with van der Waals surface area (Å²) in [5, 5.41) is 6.15. The largest absolute Gasteiger partial charge is 0.444 e. The highest BCUT2D eigenvalue weighted by Gasteiger charge is 2.15. The highest BCUT2D eigenvalue weighted by atomic mass is 16.6. The Labute approximate surface area is 137 Å². The highest BCUT2D eigenvalue weighted by Crippen LogP contribution is 2.15. The third kappa shape index (κ3) is 5.56. The number of imidazole rings is 1. The summed E-state index contributed by atoms with van der Waals surface area (Å²) in [7, 11) is 0. The molecule has 1 atom stereocenters. The summed E-state index contributed by atoms with van der Waals surface area (Å²) in [6.07, 6.45) is 0.451. The molecule has 3 N–H and O–H groups in total. The number of aromatic nitrogens is 2. The molecule has 1 aromatic heterocycles. The van der Waals surface area contributed by atoms with Crippen LogP contribution in [0.5, 0.6) is 0 Å². The Hall–Kier alpha value is -2.08. The molecule has 1 aromatic carbocycles. The Morgan fingerprint density at radius 3 is 2.74 bits per heavy atom. The number of fused-ring (bicyclic) bond motifs is 1. The molecule has 1 amide bonds. The predicted molar refractivity (Wildman–Crippen MR) is 91.4 cm³/mol. The molecule has 0 saturated heterocycles. The molecule has 126 valence electrons. The zero-order chi connectivity index (χ0) is 16.9. The number of nitrogens with one attached hydrogen (secondary N) is 3. The summed E-state index contributed by atoms with van der Waals surface area (Å²) in [5.41, 5.74) is 1.56. The topological polar surface area (TPSA) is 79.0 Å². The third-order valence-corrected chi connectivity index (χ3v) is 3.29. The first kappa shape index (κ1) is 17.3. The number of carbonyl (C=O) groups excluding carboxylic acids is 1. The average molecular weight is 318 g/mol. The van der Waals surface area contributed by atoms with E-state index in [1.807, 2.05) is 45.0 Å². The van der Waals surface area contributed by atoms with Gasteiger partial charge in [-0.15, -0.1) is 0 Å². The maximum absolute atomic E-state index is 11.5. The zero-order valence-corrected chi connectivity index (χ0v) is 14.3. The Bertz CT molecular complexity index is 612. The molecule has 6 nitrogen and oxygen atoms in total. The lowest BCUT2D eigenvalue weighted by Crippen LogP contribution is -2.34. The summed E-state index contributed by atoms with van der Waals surface area (Å²) in [6.45, 7) is 8.98. The van der Waals surface area contributed by atoms with Gasteiger partial charge in [-0.2, -0.15) is 0 Å². The molecule has 0 radical (unpaired) electrons. The molecule has 0 saturated carbocycles. The van der Waals surface area contributed by atoms with E-state index in [0.717, 1.165) is 29.8 Å². The van der Waals surface area contributed by atoms with Crippen LogP contribution in [0.4, 0.5) is 4.79 Å². The number of aromatic amines is 1. The van der Waals surface area contributed by atoms with E-state index in [-0.39, 0.29) is 12.1 Å². The summed E-state index contributed by atoms with van der Waals surface area (Å²) in [4.78, 5) is 19.4. The van der Waals surface area contributed by atoms with Gasteiger partial charge < -0.3 is 20.4 Å². The normalized spacial score (nSPS) is 13.0. The van der Waals surface area contributed by atoms with Gasteiger partial charge in [0.25, 0.3) is 0 Å². The van der Waals surface area contributed by atoms with Crippen molar-refractivity contribution in [2.24, 2.45) is 0 Å². The van der Waals surface area contributed by atoms with Crippen LogP contribution in [0.25, 0.3) is 11.0 Å². The fourth-order valence-electron chi connectivity index (χ4n) is 2.19. The fourth-order valence-corrected chi connectivity index (χ4v) is 2.19. The van der Waals surface area contributed by atoms with E-state index >= 15 is 0 Å². The molecule has 0 bridgehead atoms. The maximum atomic E-state index is 11.5. The zero-order valence-electron chi connectivity index (χ0n) is 14.3. The summed E-state index contributed by atoms with van der Waals surface area (Å²) in [5.74, 6) is 0.923. The van der Waals surface area contributed by atoms with Crippen molar-refractivity contribution < 1.29 is 9.53 Å². The highest BCUT2D eigenvalue weighted by molar-refractivity contribution is 5.74. The van der Waals surface area contributed by atoms with Crippen molar-refractivity contribution in [3.8, 4) is 0 Å². The molecule has 2 rings (SSSR count). The Balaban J connectivity index is 1.69. The fraction of sp³-hybridized carbons (Fsp3) is 0.529. The Morgan fingerprint density at radius 2 is 2.04 bits per heavy atom. The van der Waals surface area contributed by atoms with Crippen LogP contribution in [0.15, 0.2) is 24.3 Å². The van der Waals surface area contributed by atoms with Crippen LogP contribution in [0.2, 0.25) is 0 Å². The van der Waals surface area contributed by atoms with Gasteiger partial charge in [0, 0.05) is 6.54 Å². The number of hydrogen-bond donors (Lipinski definition) is 3. The second kappa shape index (κ2) is 7.46. The molecule has 0 fully saturated rings. The monoisotopic (exact) mass is 318 g/mol. The number of ether oxygens (including phenoxy) is 1. The number of H-pyrrole nitrogens is 1. The minimum atomic E-state index is -0.460. The number of hydrogen-bond acceptors (Lipinski definition) is 4. The van der Waals surface area contributed by atoms with E-state index in [4.69, 9.17) is 4.74 Å². The lowest BCUT2D eigenvalue weighted by molar-refractivity contribution is 0.0527. The van der Waals surface area contributed by atoms with Gasteiger partial charge in [0.1, 0.15) is 11.4 Å².